The number of nitrogens with zero attached hydrogens (tertiary/aromatic N) is 2. The lowest BCUT2D eigenvalue weighted by Crippen LogP contribution is -2.46. The summed E-state index contributed by atoms with van der Waals surface area (Å²) >= 11 is 5.83. The summed E-state index contributed by atoms with van der Waals surface area (Å²) in [6.45, 7) is 2.21. The maximum Gasteiger partial charge on any atom is 0.303 e. The van der Waals surface area contributed by atoms with Gasteiger partial charge in [0.25, 0.3) is 0 Å². The quantitative estimate of drug-likeness (QED) is 0.867. The maximum absolute atomic E-state index is 13.3. The summed E-state index contributed by atoms with van der Waals surface area (Å²) in [4.78, 5) is 27.4. The van der Waals surface area contributed by atoms with Crippen molar-refractivity contribution < 1.29 is 19.1 Å². The molecule has 2 atom stereocenters. The highest BCUT2D eigenvalue weighted by Crippen LogP contribution is 2.30. The standard InChI is InChI=1S/C18H22ClFN2O3/c19-14-10-13(4-5-15(14)20)22-9-7-16(18(22)25)21-8-1-2-12(11-21)3-6-17(23)24/h4-5,10,12,16H,1-3,6-9,11H2,(H,23,24). The van der Waals surface area contributed by atoms with Crippen molar-refractivity contribution in [3.05, 3.63) is 29.0 Å². The molecule has 2 saturated heterocycles. The van der Waals surface area contributed by atoms with Gasteiger partial charge < -0.3 is 10.0 Å². The van der Waals surface area contributed by atoms with Crippen molar-refractivity contribution in [1.29, 1.82) is 0 Å². The fourth-order valence-corrected chi connectivity index (χ4v) is 4.03. The number of carbonyl (C=O) groups excluding carboxylic acids is 1. The summed E-state index contributed by atoms with van der Waals surface area (Å²) in [5, 5.41) is 8.87. The normalized spacial score (nSPS) is 24.7. The highest BCUT2D eigenvalue weighted by Gasteiger charge is 2.38. The molecular formula is C18H22ClFN2O3. The van der Waals surface area contributed by atoms with E-state index in [0.29, 0.717) is 24.6 Å². The van der Waals surface area contributed by atoms with Crippen LogP contribution < -0.4 is 4.90 Å². The van der Waals surface area contributed by atoms with Crippen molar-refractivity contribution >= 4 is 29.2 Å². The zero-order valence-corrected chi connectivity index (χ0v) is 14.7. The van der Waals surface area contributed by atoms with Gasteiger partial charge in [0.15, 0.2) is 0 Å². The molecule has 2 aliphatic rings. The largest absolute Gasteiger partial charge is 0.481 e. The molecule has 2 heterocycles. The number of halogens is 2. The lowest BCUT2D eigenvalue weighted by molar-refractivity contribution is -0.137. The van der Waals surface area contributed by atoms with Crippen LogP contribution in [0.25, 0.3) is 0 Å². The second kappa shape index (κ2) is 7.70. The Hall–Kier alpha value is -1.66. The van der Waals surface area contributed by atoms with Gasteiger partial charge in [0, 0.05) is 25.2 Å². The number of amides is 1. The molecule has 136 valence electrons. The molecule has 0 bridgehead atoms. The zero-order chi connectivity index (χ0) is 18.0. The Labute approximate surface area is 151 Å². The number of carbonyl (C=O) groups is 2. The first-order chi connectivity index (χ1) is 12.0. The lowest BCUT2D eigenvalue weighted by atomic mass is 9.92. The van der Waals surface area contributed by atoms with E-state index in [1.165, 1.54) is 12.1 Å². The van der Waals surface area contributed by atoms with E-state index < -0.39 is 11.8 Å². The van der Waals surface area contributed by atoms with Gasteiger partial charge in [-0.15, -0.1) is 0 Å². The third kappa shape index (κ3) is 4.12. The fourth-order valence-electron chi connectivity index (χ4n) is 3.86. The molecule has 1 N–H and O–H groups in total. The molecule has 5 nitrogen and oxygen atoms in total. The molecule has 7 heteroatoms. The summed E-state index contributed by atoms with van der Waals surface area (Å²) in [5.74, 6) is -0.923. The van der Waals surface area contributed by atoms with E-state index in [1.807, 2.05) is 0 Å². The number of benzene rings is 1. The molecule has 25 heavy (non-hydrogen) atoms. The number of hydrogen-bond acceptors (Lipinski definition) is 3. The van der Waals surface area contributed by atoms with Gasteiger partial charge in [-0.2, -0.15) is 0 Å². The van der Waals surface area contributed by atoms with Crippen LogP contribution in [-0.4, -0.2) is 47.6 Å². The van der Waals surface area contributed by atoms with Crippen LogP contribution in [0.4, 0.5) is 10.1 Å². The zero-order valence-electron chi connectivity index (χ0n) is 14.0. The second-order valence-corrected chi connectivity index (χ2v) is 7.24. The van der Waals surface area contributed by atoms with Gasteiger partial charge in [-0.1, -0.05) is 11.6 Å². The molecule has 0 saturated carbocycles. The van der Waals surface area contributed by atoms with E-state index in [0.717, 1.165) is 32.4 Å². The summed E-state index contributed by atoms with van der Waals surface area (Å²) in [7, 11) is 0. The second-order valence-electron chi connectivity index (χ2n) is 6.83. The predicted octanol–water partition coefficient (Wildman–Crippen LogP) is 3.16. The molecule has 1 amide bonds. The van der Waals surface area contributed by atoms with E-state index in [2.05, 4.69) is 4.90 Å². The Balaban J connectivity index is 1.64. The SMILES string of the molecule is O=C(O)CCC1CCCN(C2CCN(c3ccc(F)c(Cl)c3)C2=O)C1. The molecule has 2 aliphatic heterocycles. The number of likely N-dealkylation sites (tertiary alicyclic amines) is 1. The summed E-state index contributed by atoms with van der Waals surface area (Å²) in [5.41, 5.74) is 0.623. The van der Waals surface area contributed by atoms with Crippen LogP contribution in [-0.2, 0) is 9.59 Å². The van der Waals surface area contributed by atoms with E-state index in [-0.39, 0.29) is 23.4 Å². The average molecular weight is 369 g/mol. The van der Waals surface area contributed by atoms with Crippen LogP contribution >= 0.6 is 11.6 Å². The van der Waals surface area contributed by atoms with Crippen LogP contribution in [0.5, 0.6) is 0 Å². The average Bonchev–Trinajstić information content (AvgIpc) is 2.97. The van der Waals surface area contributed by atoms with Gasteiger partial charge in [0.05, 0.1) is 11.1 Å². The molecule has 2 unspecified atom stereocenters. The van der Waals surface area contributed by atoms with Crippen LogP contribution in [0, 0.1) is 11.7 Å². The number of anilines is 1. The Kier molecular flexibility index (Phi) is 5.59. The molecule has 0 spiro atoms. The topological polar surface area (TPSA) is 60.9 Å². The van der Waals surface area contributed by atoms with Crippen molar-refractivity contribution in [2.45, 2.75) is 38.1 Å². The number of piperidine rings is 1. The van der Waals surface area contributed by atoms with Gasteiger partial charge in [0.2, 0.25) is 5.91 Å². The number of aliphatic carboxylic acids is 1. The Morgan fingerprint density at radius 2 is 2.12 bits per heavy atom. The van der Waals surface area contributed by atoms with Crippen molar-refractivity contribution in [3.8, 4) is 0 Å². The summed E-state index contributed by atoms with van der Waals surface area (Å²) in [6, 6.07) is 4.16. The maximum atomic E-state index is 13.3. The Morgan fingerprint density at radius 3 is 2.84 bits per heavy atom. The van der Waals surface area contributed by atoms with Crippen molar-refractivity contribution in [3.63, 3.8) is 0 Å². The van der Waals surface area contributed by atoms with Crippen molar-refractivity contribution in [2.75, 3.05) is 24.5 Å². The molecule has 3 rings (SSSR count). The molecule has 0 aromatic heterocycles. The van der Waals surface area contributed by atoms with Crippen LogP contribution in [0.15, 0.2) is 18.2 Å². The molecule has 0 radical (unpaired) electrons. The summed E-state index contributed by atoms with van der Waals surface area (Å²) < 4.78 is 13.3. The molecule has 1 aromatic rings. The highest BCUT2D eigenvalue weighted by atomic mass is 35.5. The van der Waals surface area contributed by atoms with Gasteiger partial charge in [-0.05, 0) is 56.3 Å². The monoisotopic (exact) mass is 368 g/mol. The lowest BCUT2D eigenvalue weighted by Gasteiger charge is -2.35. The summed E-state index contributed by atoms with van der Waals surface area (Å²) in [6.07, 6.45) is 3.55. The van der Waals surface area contributed by atoms with E-state index in [1.54, 1.807) is 11.0 Å². The molecule has 0 aliphatic carbocycles. The number of hydrogen-bond donors (Lipinski definition) is 1. The molecule has 2 fully saturated rings. The molecular weight excluding hydrogens is 347 g/mol. The predicted molar refractivity (Wildman–Crippen MR) is 93.3 cm³/mol. The molecule has 1 aromatic carbocycles. The number of carboxylic acid groups (broad SMARTS) is 1. The Morgan fingerprint density at radius 1 is 1.32 bits per heavy atom. The van der Waals surface area contributed by atoms with Gasteiger partial charge in [-0.25, -0.2) is 4.39 Å². The van der Waals surface area contributed by atoms with Crippen molar-refractivity contribution in [2.24, 2.45) is 5.92 Å². The van der Waals surface area contributed by atoms with E-state index in [9.17, 15) is 14.0 Å². The Bertz CT molecular complexity index is 670. The minimum absolute atomic E-state index is 0.0143. The van der Waals surface area contributed by atoms with Gasteiger partial charge in [-0.3, -0.25) is 14.5 Å². The third-order valence-electron chi connectivity index (χ3n) is 5.15. The fraction of sp³-hybridized carbons (Fsp3) is 0.556. The van der Waals surface area contributed by atoms with Crippen LogP contribution in [0.3, 0.4) is 0 Å². The van der Waals surface area contributed by atoms with Gasteiger partial charge >= 0.3 is 5.97 Å². The van der Waals surface area contributed by atoms with Crippen molar-refractivity contribution in [1.82, 2.24) is 4.90 Å². The first-order valence-electron chi connectivity index (χ1n) is 8.68. The third-order valence-corrected chi connectivity index (χ3v) is 5.44. The first-order valence-corrected chi connectivity index (χ1v) is 9.06. The smallest absolute Gasteiger partial charge is 0.303 e. The minimum Gasteiger partial charge on any atom is -0.481 e. The number of rotatable bonds is 5. The minimum atomic E-state index is -0.770. The first kappa shape index (κ1) is 18.1. The van der Waals surface area contributed by atoms with Crippen LogP contribution in [0.2, 0.25) is 5.02 Å². The van der Waals surface area contributed by atoms with E-state index >= 15 is 0 Å². The number of carboxylic acids is 1. The van der Waals surface area contributed by atoms with E-state index in [4.69, 9.17) is 16.7 Å². The van der Waals surface area contributed by atoms with Crippen LogP contribution in [0.1, 0.15) is 32.1 Å². The highest BCUT2D eigenvalue weighted by molar-refractivity contribution is 6.31. The van der Waals surface area contributed by atoms with Gasteiger partial charge in [0.1, 0.15) is 5.82 Å².